The molecule has 146 valence electrons. The number of carbonyl (C=O) groups excluding carboxylic acids is 1. The number of nitrogens with one attached hydrogen (secondary N) is 1. The summed E-state index contributed by atoms with van der Waals surface area (Å²) in [5, 5.41) is 3.14. The number of sulfonamides is 1. The van der Waals surface area contributed by atoms with Gasteiger partial charge < -0.3 is 5.32 Å². The Labute approximate surface area is 158 Å². The first-order chi connectivity index (χ1) is 12.4. The van der Waals surface area contributed by atoms with Crippen molar-refractivity contribution in [2.75, 3.05) is 17.1 Å². The zero-order valence-corrected chi connectivity index (χ0v) is 16.9. The van der Waals surface area contributed by atoms with Crippen LogP contribution < -0.4 is 9.62 Å². The molecule has 0 aliphatic heterocycles. The van der Waals surface area contributed by atoms with E-state index in [-0.39, 0.29) is 11.9 Å². The lowest BCUT2D eigenvalue weighted by Crippen LogP contribution is -2.36. The molecule has 5 nitrogen and oxygen atoms in total. The second-order valence-electron chi connectivity index (χ2n) is 7.39. The fourth-order valence-electron chi connectivity index (χ4n) is 3.55. The van der Waals surface area contributed by atoms with Crippen LogP contribution in [0.2, 0.25) is 0 Å². The van der Waals surface area contributed by atoms with Gasteiger partial charge >= 0.3 is 0 Å². The molecule has 1 aromatic rings. The highest BCUT2D eigenvalue weighted by molar-refractivity contribution is 7.92. The molecule has 1 saturated carbocycles. The van der Waals surface area contributed by atoms with E-state index in [9.17, 15) is 13.2 Å². The first-order valence-electron chi connectivity index (χ1n) is 9.70. The minimum Gasteiger partial charge on any atom is -0.353 e. The largest absolute Gasteiger partial charge is 0.353 e. The summed E-state index contributed by atoms with van der Waals surface area (Å²) in [4.78, 5) is 12.3. The molecule has 26 heavy (non-hydrogen) atoms. The van der Waals surface area contributed by atoms with E-state index in [0.29, 0.717) is 25.1 Å². The van der Waals surface area contributed by atoms with Crippen molar-refractivity contribution in [3.8, 4) is 0 Å². The summed E-state index contributed by atoms with van der Waals surface area (Å²) in [6, 6.07) is 7.72. The third-order valence-electron chi connectivity index (χ3n) is 4.93. The molecule has 1 amide bonds. The van der Waals surface area contributed by atoms with Gasteiger partial charge in [-0.2, -0.15) is 0 Å². The lowest BCUT2D eigenvalue weighted by atomic mass is 9.96. The van der Waals surface area contributed by atoms with E-state index in [2.05, 4.69) is 5.32 Å². The number of anilines is 1. The van der Waals surface area contributed by atoms with Crippen LogP contribution in [0.1, 0.15) is 63.4 Å². The third kappa shape index (κ3) is 6.98. The standard InChI is InChI=1S/C20H32N2O3S/c1-17-10-8-13-19(16-17)22(26(2,24)25)15-9-14-20(23)21-18-11-6-4-3-5-7-12-18/h8,10,13,16,18H,3-7,9,11-12,14-15H2,1-2H3,(H,21,23). The highest BCUT2D eigenvalue weighted by atomic mass is 32.2. The molecule has 0 aromatic heterocycles. The zero-order valence-electron chi connectivity index (χ0n) is 16.0. The molecule has 1 aliphatic rings. The minimum absolute atomic E-state index is 0.0354. The van der Waals surface area contributed by atoms with Crippen molar-refractivity contribution in [3.63, 3.8) is 0 Å². The molecule has 1 aliphatic carbocycles. The highest BCUT2D eigenvalue weighted by Gasteiger charge is 2.18. The molecule has 1 N–H and O–H groups in total. The number of rotatable bonds is 7. The molecule has 0 atom stereocenters. The maximum atomic E-state index is 12.3. The summed E-state index contributed by atoms with van der Waals surface area (Å²) in [6.07, 6.45) is 10.4. The van der Waals surface area contributed by atoms with E-state index in [1.165, 1.54) is 42.7 Å². The number of amides is 1. The molecule has 1 fully saturated rings. The monoisotopic (exact) mass is 380 g/mol. The quantitative estimate of drug-likeness (QED) is 0.783. The summed E-state index contributed by atoms with van der Waals surface area (Å²) in [5.41, 5.74) is 1.67. The predicted molar refractivity (Wildman–Crippen MR) is 107 cm³/mol. The van der Waals surface area contributed by atoms with Gasteiger partial charge in [-0.3, -0.25) is 9.10 Å². The number of aryl methyl sites for hydroxylation is 1. The van der Waals surface area contributed by atoms with Gasteiger partial charge in [0.2, 0.25) is 15.9 Å². The Kier molecular flexibility index (Phi) is 7.94. The van der Waals surface area contributed by atoms with Crippen molar-refractivity contribution < 1.29 is 13.2 Å². The Morgan fingerprint density at radius 1 is 1.15 bits per heavy atom. The summed E-state index contributed by atoms with van der Waals surface area (Å²) in [5.74, 6) is 0.0354. The second kappa shape index (κ2) is 9.95. The number of nitrogens with zero attached hydrogens (tertiary/aromatic N) is 1. The summed E-state index contributed by atoms with van der Waals surface area (Å²) in [7, 11) is -3.37. The molecular weight excluding hydrogens is 348 g/mol. The van der Waals surface area contributed by atoms with Gasteiger partial charge in [0.25, 0.3) is 0 Å². The molecule has 1 aromatic carbocycles. The Hall–Kier alpha value is -1.56. The first kappa shape index (κ1) is 20.7. The van der Waals surface area contributed by atoms with Gasteiger partial charge in [-0.1, -0.05) is 44.2 Å². The topological polar surface area (TPSA) is 66.5 Å². The Morgan fingerprint density at radius 3 is 2.42 bits per heavy atom. The summed E-state index contributed by atoms with van der Waals surface area (Å²) >= 11 is 0. The number of benzene rings is 1. The number of hydrogen-bond donors (Lipinski definition) is 1. The van der Waals surface area contributed by atoms with Crippen molar-refractivity contribution in [1.82, 2.24) is 5.32 Å². The Balaban J connectivity index is 1.85. The van der Waals surface area contributed by atoms with Gasteiger partial charge in [0, 0.05) is 19.0 Å². The zero-order chi connectivity index (χ0) is 19.0. The van der Waals surface area contributed by atoms with E-state index in [4.69, 9.17) is 0 Å². The fraction of sp³-hybridized carbons (Fsp3) is 0.650. The third-order valence-corrected chi connectivity index (χ3v) is 6.12. The first-order valence-corrected chi connectivity index (χ1v) is 11.5. The van der Waals surface area contributed by atoms with Crippen LogP contribution in [0, 0.1) is 6.92 Å². The SMILES string of the molecule is Cc1cccc(N(CCCC(=O)NC2CCCCCCC2)S(C)(=O)=O)c1. The van der Waals surface area contributed by atoms with E-state index in [1.807, 2.05) is 25.1 Å². The summed E-state index contributed by atoms with van der Waals surface area (Å²) in [6.45, 7) is 2.26. The van der Waals surface area contributed by atoms with Gasteiger partial charge in [0.1, 0.15) is 0 Å². The van der Waals surface area contributed by atoms with Crippen molar-refractivity contribution in [2.45, 2.75) is 70.8 Å². The molecular formula is C20H32N2O3S. The van der Waals surface area contributed by atoms with E-state index < -0.39 is 10.0 Å². The second-order valence-corrected chi connectivity index (χ2v) is 9.29. The van der Waals surface area contributed by atoms with Crippen molar-refractivity contribution in [2.24, 2.45) is 0 Å². The lowest BCUT2D eigenvalue weighted by molar-refractivity contribution is -0.122. The van der Waals surface area contributed by atoms with Crippen molar-refractivity contribution in [1.29, 1.82) is 0 Å². The normalized spacial score (nSPS) is 16.5. The number of carbonyl (C=O) groups is 1. The average Bonchev–Trinajstić information content (AvgIpc) is 2.53. The average molecular weight is 381 g/mol. The molecule has 0 radical (unpaired) electrons. The van der Waals surface area contributed by atoms with Gasteiger partial charge in [0.05, 0.1) is 11.9 Å². The molecule has 2 rings (SSSR count). The van der Waals surface area contributed by atoms with Crippen LogP contribution in [-0.4, -0.2) is 33.2 Å². The number of hydrogen-bond acceptors (Lipinski definition) is 3. The van der Waals surface area contributed by atoms with Crippen LogP contribution in [0.4, 0.5) is 5.69 Å². The smallest absolute Gasteiger partial charge is 0.232 e. The maximum Gasteiger partial charge on any atom is 0.232 e. The molecule has 0 heterocycles. The molecule has 0 bridgehead atoms. The van der Waals surface area contributed by atoms with Crippen LogP contribution >= 0.6 is 0 Å². The van der Waals surface area contributed by atoms with Crippen LogP contribution in [-0.2, 0) is 14.8 Å². The van der Waals surface area contributed by atoms with E-state index >= 15 is 0 Å². The molecule has 0 spiro atoms. The van der Waals surface area contributed by atoms with Crippen LogP contribution in [0.15, 0.2) is 24.3 Å². The maximum absolute atomic E-state index is 12.3. The van der Waals surface area contributed by atoms with Crippen molar-refractivity contribution in [3.05, 3.63) is 29.8 Å². The summed E-state index contributed by atoms with van der Waals surface area (Å²) < 4.78 is 25.7. The van der Waals surface area contributed by atoms with Gasteiger partial charge in [0.15, 0.2) is 0 Å². The van der Waals surface area contributed by atoms with Gasteiger partial charge in [-0.25, -0.2) is 8.42 Å². The van der Waals surface area contributed by atoms with Crippen LogP contribution in [0.5, 0.6) is 0 Å². The fourth-order valence-corrected chi connectivity index (χ4v) is 4.51. The Bertz CT molecular complexity index is 680. The lowest BCUT2D eigenvalue weighted by Gasteiger charge is -2.23. The highest BCUT2D eigenvalue weighted by Crippen LogP contribution is 2.20. The van der Waals surface area contributed by atoms with E-state index in [0.717, 1.165) is 18.4 Å². The van der Waals surface area contributed by atoms with Gasteiger partial charge in [-0.15, -0.1) is 0 Å². The van der Waals surface area contributed by atoms with Crippen LogP contribution in [0.3, 0.4) is 0 Å². The molecule has 6 heteroatoms. The Morgan fingerprint density at radius 2 is 1.81 bits per heavy atom. The predicted octanol–water partition coefficient (Wildman–Crippen LogP) is 3.77. The van der Waals surface area contributed by atoms with Gasteiger partial charge in [-0.05, 0) is 43.9 Å². The van der Waals surface area contributed by atoms with E-state index in [1.54, 1.807) is 6.07 Å². The minimum atomic E-state index is -3.37. The molecule has 0 unspecified atom stereocenters. The van der Waals surface area contributed by atoms with Crippen LogP contribution in [0.25, 0.3) is 0 Å². The molecule has 0 saturated heterocycles. The van der Waals surface area contributed by atoms with Crippen molar-refractivity contribution >= 4 is 21.6 Å².